The summed E-state index contributed by atoms with van der Waals surface area (Å²) in [6.45, 7) is 12.6. The second kappa shape index (κ2) is 6.41. The molecule has 0 aromatic rings. The Morgan fingerprint density at radius 1 is 1.14 bits per heavy atom. The molecule has 2 heteroatoms. The van der Waals surface area contributed by atoms with Crippen LogP contribution in [0.3, 0.4) is 0 Å². The molecule has 0 bridgehead atoms. The molecule has 0 saturated heterocycles. The van der Waals surface area contributed by atoms with Gasteiger partial charge in [0.05, 0.1) is 6.10 Å². The molecule has 0 aromatic carbocycles. The van der Waals surface area contributed by atoms with Gasteiger partial charge in [-0.05, 0) is 11.3 Å². The number of hydrogen-bond donors (Lipinski definition) is 2. The van der Waals surface area contributed by atoms with Gasteiger partial charge in [-0.2, -0.15) is 0 Å². The Bertz CT molecular complexity index is 136. The topological polar surface area (TPSA) is 32.3 Å². The highest BCUT2D eigenvalue weighted by molar-refractivity contribution is 4.71. The lowest BCUT2D eigenvalue weighted by Gasteiger charge is -2.24. The minimum atomic E-state index is -0.188. The van der Waals surface area contributed by atoms with Gasteiger partial charge in [0.2, 0.25) is 0 Å². The van der Waals surface area contributed by atoms with E-state index < -0.39 is 0 Å². The van der Waals surface area contributed by atoms with E-state index in [1.807, 2.05) is 0 Å². The van der Waals surface area contributed by atoms with Crippen LogP contribution in [-0.4, -0.2) is 24.3 Å². The molecule has 0 spiro atoms. The molecule has 86 valence electrons. The Morgan fingerprint density at radius 2 is 1.64 bits per heavy atom. The molecule has 2 N–H and O–H groups in total. The molecular weight excluding hydrogens is 174 g/mol. The van der Waals surface area contributed by atoms with Gasteiger partial charge in [-0.3, -0.25) is 0 Å². The van der Waals surface area contributed by atoms with Gasteiger partial charge in [-0.25, -0.2) is 0 Å². The maximum Gasteiger partial charge on any atom is 0.0692 e. The number of nitrogens with one attached hydrogen (secondary N) is 1. The predicted molar refractivity (Wildman–Crippen MR) is 62.4 cm³/mol. The smallest absolute Gasteiger partial charge is 0.0692 e. The Hall–Kier alpha value is -0.0800. The van der Waals surface area contributed by atoms with E-state index in [9.17, 15) is 5.11 Å². The van der Waals surface area contributed by atoms with E-state index in [0.29, 0.717) is 11.3 Å². The summed E-state index contributed by atoms with van der Waals surface area (Å²) < 4.78 is 0. The van der Waals surface area contributed by atoms with Crippen LogP contribution in [-0.2, 0) is 0 Å². The van der Waals surface area contributed by atoms with Crippen molar-refractivity contribution in [3.63, 3.8) is 0 Å². The van der Waals surface area contributed by atoms with Crippen molar-refractivity contribution >= 4 is 0 Å². The first-order valence-corrected chi connectivity index (χ1v) is 5.79. The molecule has 0 aromatic heterocycles. The van der Waals surface area contributed by atoms with Crippen LogP contribution >= 0.6 is 0 Å². The van der Waals surface area contributed by atoms with Gasteiger partial charge in [0.1, 0.15) is 0 Å². The van der Waals surface area contributed by atoms with E-state index in [0.717, 1.165) is 25.9 Å². The SMILES string of the molecule is CCC(CC)C(O)CNCC(C)(C)C. The average molecular weight is 201 g/mol. The molecule has 0 rings (SSSR count). The maximum atomic E-state index is 9.84. The van der Waals surface area contributed by atoms with Crippen LogP contribution in [0.5, 0.6) is 0 Å². The van der Waals surface area contributed by atoms with Crippen molar-refractivity contribution in [3.05, 3.63) is 0 Å². The zero-order valence-electron chi connectivity index (χ0n) is 10.4. The van der Waals surface area contributed by atoms with E-state index in [-0.39, 0.29) is 6.10 Å². The fraction of sp³-hybridized carbons (Fsp3) is 1.00. The molecule has 0 amide bonds. The monoisotopic (exact) mass is 201 g/mol. The number of rotatable bonds is 6. The van der Waals surface area contributed by atoms with Gasteiger partial charge < -0.3 is 10.4 Å². The summed E-state index contributed by atoms with van der Waals surface area (Å²) in [6.07, 6.45) is 1.94. The Labute approximate surface area is 89.1 Å². The van der Waals surface area contributed by atoms with Crippen LogP contribution in [0.2, 0.25) is 0 Å². The molecule has 1 atom stereocenters. The van der Waals surface area contributed by atoms with Crippen molar-refractivity contribution in [2.75, 3.05) is 13.1 Å². The summed E-state index contributed by atoms with van der Waals surface area (Å²) in [5, 5.41) is 13.2. The first-order chi connectivity index (χ1) is 6.40. The minimum Gasteiger partial charge on any atom is -0.392 e. The van der Waals surface area contributed by atoms with Gasteiger partial charge in [-0.15, -0.1) is 0 Å². The molecule has 0 heterocycles. The van der Waals surface area contributed by atoms with Gasteiger partial charge in [0.25, 0.3) is 0 Å². The second-order valence-electron chi connectivity index (χ2n) is 5.34. The van der Waals surface area contributed by atoms with Crippen LogP contribution in [0.1, 0.15) is 47.5 Å². The minimum absolute atomic E-state index is 0.188. The maximum absolute atomic E-state index is 9.84. The van der Waals surface area contributed by atoms with Crippen molar-refractivity contribution in [3.8, 4) is 0 Å². The van der Waals surface area contributed by atoms with Gasteiger partial charge in [-0.1, -0.05) is 47.5 Å². The predicted octanol–water partition coefficient (Wildman–Crippen LogP) is 2.42. The van der Waals surface area contributed by atoms with Gasteiger partial charge in [0.15, 0.2) is 0 Å². The van der Waals surface area contributed by atoms with Crippen LogP contribution < -0.4 is 5.32 Å². The number of aliphatic hydroxyl groups is 1. The van der Waals surface area contributed by atoms with Gasteiger partial charge in [0, 0.05) is 13.1 Å². The summed E-state index contributed by atoms with van der Waals surface area (Å²) in [5.41, 5.74) is 0.299. The molecule has 0 aliphatic carbocycles. The molecular formula is C12H27NO. The summed E-state index contributed by atoms with van der Waals surface area (Å²) >= 11 is 0. The standard InChI is InChI=1S/C12H27NO/c1-6-10(7-2)11(14)8-13-9-12(3,4)5/h10-11,13-14H,6-9H2,1-5H3. The third kappa shape index (κ3) is 6.39. The van der Waals surface area contributed by atoms with Crippen molar-refractivity contribution in [1.82, 2.24) is 5.32 Å². The first-order valence-electron chi connectivity index (χ1n) is 5.79. The van der Waals surface area contributed by atoms with Gasteiger partial charge >= 0.3 is 0 Å². The van der Waals surface area contributed by atoms with Crippen molar-refractivity contribution in [1.29, 1.82) is 0 Å². The fourth-order valence-electron chi connectivity index (χ4n) is 1.59. The molecule has 0 aliphatic heterocycles. The number of hydrogen-bond acceptors (Lipinski definition) is 2. The highest BCUT2D eigenvalue weighted by atomic mass is 16.3. The summed E-state index contributed by atoms with van der Waals surface area (Å²) in [4.78, 5) is 0. The zero-order valence-corrected chi connectivity index (χ0v) is 10.4. The van der Waals surface area contributed by atoms with Crippen molar-refractivity contribution in [2.45, 2.75) is 53.6 Å². The Balaban J connectivity index is 3.67. The largest absolute Gasteiger partial charge is 0.392 e. The van der Waals surface area contributed by atoms with Crippen molar-refractivity contribution in [2.24, 2.45) is 11.3 Å². The van der Waals surface area contributed by atoms with Crippen LogP contribution in [0.4, 0.5) is 0 Å². The molecule has 0 radical (unpaired) electrons. The lowest BCUT2D eigenvalue weighted by molar-refractivity contribution is 0.0990. The van der Waals surface area contributed by atoms with E-state index in [1.54, 1.807) is 0 Å². The third-order valence-electron chi connectivity index (χ3n) is 2.60. The highest BCUT2D eigenvalue weighted by Crippen LogP contribution is 2.13. The molecule has 2 nitrogen and oxygen atoms in total. The van der Waals surface area contributed by atoms with E-state index in [2.05, 4.69) is 39.9 Å². The summed E-state index contributed by atoms with van der Waals surface area (Å²) in [7, 11) is 0. The zero-order chi connectivity index (χ0) is 11.2. The lowest BCUT2D eigenvalue weighted by Crippen LogP contribution is -2.36. The summed E-state index contributed by atoms with van der Waals surface area (Å²) in [5.74, 6) is 0.447. The second-order valence-corrected chi connectivity index (χ2v) is 5.34. The quantitative estimate of drug-likeness (QED) is 0.692. The molecule has 0 fully saturated rings. The molecule has 0 aliphatic rings. The van der Waals surface area contributed by atoms with Crippen LogP contribution in [0.25, 0.3) is 0 Å². The van der Waals surface area contributed by atoms with Crippen LogP contribution in [0, 0.1) is 11.3 Å². The highest BCUT2D eigenvalue weighted by Gasteiger charge is 2.16. The Morgan fingerprint density at radius 3 is 2.00 bits per heavy atom. The Kier molecular flexibility index (Phi) is 6.38. The normalized spacial score (nSPS) is 14.8. The fourth-order valence-corrected chi connectivity index (χ4v) is 1.59. The lowest BCUT2D eigenvalue weighted by atomic mass is 9.94. The molecule has 1 unspecified atom stereocenters. The molecule has 14 heavy (non-hydrogen) atoms. The summed E-state index contributed by atoms with van der Waals surface area (Å²) in [6, 6.07) is 0. The van der Waals surface area contributed by atoms with E-state index in [4.69, 9.17) is 0 Å². The van der Waals surface area contributed by atoms with Crippen LogP contribution in [0.15, 0.2) is 0 Å². The number of aliphatic hydroxyl groups excluding tert-OH is 1. The van der Waals surface area contributed by atoms with E-state index in [1.165, 1.54) is 0 Å². The first kappa shape index (κ1) is 13.9. The van der Waals surface area contributed by atoms with E-state index >= 15 is 0 Å². The molecule has 0 saturated carbocycles. The average Bonchev–Trinajstić information content (AvgIpc) is 2.04. The third-order valence-corrected chi connectivity index (χ3v) is 2.60. The van der Waals surface area contributed by atoms with Crippen molar-refractivity contribution < 1.29 is 5.11 Å².